The number of nitrogens with one attached hydrogen (secondary N) is 1. The van der Waals surface area contributed by atoms with Crippen LogP contribution < -0.4 is 10.1 Å². The molecule has 104 valence electrons. The lowest BCUT2D eigenvalue weighted by molar-refractivity contribution is -0.134. The monoisotopic (exact) mass is 294 g/mol. The van der Waals surface area contributed by atoms with Crippen LogP contribution in [0.25, 0.3) is 11.0 Å². The summed E-state index contributed by atoms with van der Waals surface area (Å²) in [6, 6.07) is 1.62. The number of carbonyl (C=O) groups is 1. The minimum atomic E-state index is -0.222. The molecule has 0 spiro atoms. The van der Waals surface area contributed by atoms with Crippen LogP contribution in [0.4, 0.5) is 0 Å². The van der Waals surface area contributed by atoms with Crippen molar-refractivity contribution >= 4 is 28.5 Å². The van der Waals surface area contributed by atoms with E-state index in [1.165, 1.54) is 0 Å². The molecular formula is C12H11ClN4O3. The molecule has 20 heavy (non-hydrogen) atoms. The SMILES string of the molecule is O=C1COC(COc2nc(Cl)cc3nccnc23)CN1. The fraction of sp³-hybridized carbons (Fsp3) is 0.333. The van der Waals surface area contributed by atoms with Gasteiger partial charge in [0.1, 0.15) is 24.5 Å². The molecule has 0 aliphatic carbocycles. The van der Waals surface area contributed by atoms with Gasteiger partial charge in [0, 0.05) is 25.0 Å². The Labute approximate surface area is 119 Å². The number of fused-ring (bicyclic) bond motifs is 1. The molecule has 1 N–H and O–H groups in total. The van der Waals surface area contributed by atoms with Gasteiger partial charge in [-0.25, -0.2) is 4.98 Å². The molecule has 1 aliphatic heterocycles. The zero-order chi connectivity index (χ0) is 13.9. The molecule has 1 aliphatic rings. The maximum absolute atomic E-state index is 11.0. The Morgan fingerprint density at radius 1 is 1.45 bits per heavy atom. The number of ether oxygens (including phenoxy) is 2. The fourth-order valence-electron chi connectivity index (χ4n) is 1.82. The Morgan fingerprint density at radius 2 is 2.30 bits per heavy atom. The molecular weight excluding hydrogens is 284 g/mol. The van der Waals surface area contributed by atoms with Crippen LogP contribution in [0.1, 0.15) is 0 Å². The van der Waals surface area contributed by atoms with E-state index >= 15 is 0 Å². The van der Waals surface area contributed by atoms with E-state index in [2.05, 4.69) is 20.3 Å². The molecule has 7 nitrogen and oxygen atoms in total. The average molecular weight is 295 g/mol. The van der Waals surface area contributed by atoms with Crippen LogP contribution in [-0.2, 0) is 9.53 Å². The Bertz CT molecular complexity index is 642. The first-order valence-electron chi connectivity index (χ1n) is 6.01. The summed E-state index contributed by atoms with van der Waals surface area (Å²) in [5.41, 5.74) is 1.15. The van der Waals surface area contributed by atoms with E-state index in [-0.39, 0.29) is 30.4 Å². The standard InChI is InChI=1S/C12H11ClN4O3/c13-9-3-8-11(15-2-1-14-8)12(17-9)20-5-7-4-16-10(18)6-19-7/h1-3,7H,4-6H2,(H,16,18). The third-order valence-corrected chi connectivity index (χ3v) is 2.97. The van der Waals surface area contributed by atoms with Crippen LogP contribution in [-0.4, -0.2) is 46.7 Å². The summed E-state index contributed by atoms with van der Waals surface area (Å²) in [6.07, 6.45) is 2.91. The minimum absolute atomic E-state index is 0.0392. The molecule has 0 aromatic carbocycles. The van der Waals surface area contributed by atoms with Crippen molar-refractivity contribution in [2.45, 2.75) is 6.10 Å². The highest BCUT2D eigenvalue weighted by Crippen LogP contribution is 2.23. The Balaban J connectivity index is 1.75. The lowest BCUT2D eigenvalue weighted by Gasteiger charge is -2.23. The van der Waals surface area contributed by atoms with Crippen molar-refractivity contribution < 1.29 is 14.3 Å². The first-order chi connectivity index (χ1) is 9.72. The van der Waals surface area contributed by atoms with Gasteiger partial charge >= 0.3 is 0 Å². The van der Waals surface area contributed by atoms with Gasteiger partial charge in [-0.15, -0.1) is 0 Å². The molecule has 1 atom stereocenters. The van der Waals surface area contributed by atoms with E-state index in [1.54, 1.807) is 18.5 Å². The van der Waals surface area contributed by atoms with Crippen LogP contribution in [0.5, 0.6) is 5.88 Å². The highest BCUT2D eigenvalue weighted by Gasteiger charge is 2.20. The zero-order valence-electron chi connectivity index (χ0n) is 10.4. The second-order valence-corrected chi connectivity index (χ2v) is 4.61. The number of aromatic nitrogens is 3. The quantitative estimate of drug-likeness (QED) is 0.833. The Kier molecular flexibility index (Phi) is 3.62. The van der Waals surface area contributed by atoms with Crippen molar-refractivity contribution in [2.24, 2.45) is 0 Å². The summed E-state index contributed by atoms with van der Waals surface area (Å²) in [6.45, 7) is 0.694. The smallest absolute Gasteiger partial charge is 0.246 e. The van der Waals surface area contributed by atoms with Crippen LogP contribution in [0.3, 0.4) is 0 Å². The van der Waals surface area contributed by atoms with Crippen molar-refractivity contribution in [1.82, 2.24) is 20.3 Å². The van der Waals surface area contributed by atoms with Gasteiger partial charge in [-0.05, 0) is 0 Å². The van der Waals surface area contributed by atoms with Crippen LogP contribution in [0, 0.1) is 0 Å². The molecule has 2 aromatic heterocycles. The van der Waals surface area contributed by atoms with E-state index in [9.17, 15) is 4.79 Å². The third-order valence-electron chi connectivity index (χ3n) is 2.78. The highest BCUT2D eigenvalue weighted by molar-refractivity contribution is 6.30. The number of hydrogen-bond donors (Lipinski definition) is 1. The van der Waals surface area contributed by atoms with Crippen molar-refractivity contribution in [3.63, 3.8) is 0 Å². The molecule has 1 saturated heterocycles. The van der Waals surface area contributed by atoms with Gasteiger partial charge in [0.15, 0.2) is 5.52 Å². The molecule has 2 aromatic rings. The second kappa shape index (κ2) is 5.56. The lowest BCUT2D eigenvalue weighted by atomic mass is 10.3. The molecule has 3 rings (SSSR count). The number of hydrogen-bond acceptors (Lipinski definition) is 6. The number of morpholine rings is 1. The molecule has 0 saturated carbocycles. The van der Waals surface area contributed by atoms with Gasteiger partial charge in [-0.2, -0.15) is 4.98 Å². The van der Waals surface area contributed by atoms with Crippen LogP contribution in [0.2, 0.25) is 5.15 Å². The van der Waals surface area contributed by atoms with E-state index in [4.69, 9.17) is 21.1 Å². The number of amides is 1. The number of pyridine rings is 1. The summed E-state index contributed by atoms with van der Waals surface area (Å²) >= 11 is 5.92. The largest absolute Gasteiger partial charge is 0.473 e. The normalized spacial score (nSPS) is 18.9. The van der Waals surface area contributed by atoms with Gasteiger partial charge in [-0.1, -0.05) is 11.6 Å². The van der Waals surface area contributed by atoms with E-state index in [0.29, 0.717) is 23.5 Å². The van der Waals surface area contributed by atoms with E-state index in [0.717, 1.165) is 0 Å². The molecule has 0 bridgehead atoms. The van der Waals surface area contributed by atoms with Gasteiger partial charge in [-0.3, -0.25) is 9.78 Å². The summed E-state index contributed by atoms with van der Waals surface area (Å²) in [7, 11) is 0. The van der Waals surface area contributed by atoms with Crippen molar-refractivity contribution in [1.29, 1.82) is 0 Å². The fourth-order valence-corrected chi connectivity index (χ4v) is 2.01. The highest BCUT2D eigenvalue weighted by atomic mass is 35.5. The van der Waals surface area contributed by atoms with Gasteiger partial charge < -0.3 is 14.8 Å². The van der Waals surface area contributed by atoms with E-state index < -0.39 is 0 Å². The zero-order valence-corrected chi connectivity index (χ0v) is 11.1. The minimum Gasteiger partial charge on any atom is -0.473 e. The molecule has 0 radical (unpaired) electrons. The van der Waals surface area contributed by atoms with Gasteiger partial charge in [0.05, 0.1) is 5.52 Å². The van der Waals surface area contributed by atoms with Gasteiger partial charge in [0.25, 0.3) is 0 Å². The van der Waals surface area contributed by atoms with Crippen LogP contribution in [0.15, 0.2) is 18.5 Å². The number of carbonyl (C=O) groups excluding carboxylic acids is 1. The molecule has 3 heterocycles. The van der Waals surface area contributed by atoms with Gasteiger partial charge in [0.2, 0.25) is 11.8 Å². The maximum Gasteiger partial charge on any atom is 0.246 e. The summed E-state index contributed by atoms with van der Waals surface area (Å²) in [5, 5.41) is 2.98. The number of rotatable bonds is 3. The third kappa shape index (κ3) is 2.78. The van der Waals surface area contributed by atoms with E-state index in [1.807, 2.05) is 0 Å². The first-order valence-corrected chi connectivity index (χ1v) is 6.38. The van der Waals surface area contributed by atoms with Crippen molar-refractivity contribution in [2.75, 3.05) is 19.8 Å². The molecule has 1 amide bonds. The Morgan fingerprint density at radius 3 is 3.10 bits per heavy atom. The predicted molar refractivity (Wildman–Crippen MR) is 70.6 cm³/mol. The average Bonchev–Trinajstić information content (AvgIpc) is 2.46. The number of nitrogens with zero attached hydrogens (tertiary/aromatic N) is 3. The molecule has 1 unspecified atom stereocenters. The molecule has 8 heteroatoms. The molecule has 1 fully saturated rings. The van der Waals surface area contributed by atoms with Crippen LogP contribution >= 0.6 is 11.6 Å². The Hall–Kier alpha value is -1.99. The summed E-state index contributed by atoms with van der Waals surface area (Å²) < 4.78 is 10.9. The van der Waals surface area contributed by atoms with Crippen molar-refractivity contribution in [3.05, 3.63) is 23.6 Å². The first kappa shape index (κ1) is 13.0. The summed E-state index contributed by atoms with van der Waals surface area (Å²) in [4.78, 5) is 23.4. The second-order valence-electron chi connectivity index (χ2n) is 4.22. The maximum atomic E-state index is 11.0. The van der Waals surface area contributed by atoms with Crippen molar-refractivity contribution in [3.8, 4) is 5.88 Å². The number of halogens is 1. The lowest BCUT2D eigenvalue weighted by Crippen LogP contribution is -2.45. The topological polar surface area (TPSA) is 86.2 Å². The predicted octanol–water partition coefficient (Wildman–Crippen LogP) is 0.572. The summed E-state index contributed by atoms with van der Waals surface area (Å²) in [5.74, 6) is 0.180.